The summed E-state index contributed by atoms with van der Waals surface area (Å²) in [6, 6.07) is 15.7. The molecule has 1 N–H and O–H groups in total. The average molecular weight is 417 g/mol. The summed E-state index contributed by atoms with van der Waals surface area (Å²) in [6.07, 6.45) is 1.78. The molecule has 0 fully saturated rings. The van der Waals surface area contributed by atoms with E-state index >= 15 is 0 Å². The van der Waals surface area contributed by atoms with Crippen LogP contribution in [0, 0.1) is 5.92 Å². The SMILES string of the molecule is CC(=O)c1cccc(N(CC(=O)N[C@@H](CC(C)C)c2ccccc2)S(C)(=O)=O)c1. The Morgan fingerprint density at radius 2 is 1.69 bits per heavy atom. The Morgan fingerprint density at radius 1 is 1.03 bits per heavy atom. The Morgan fingerprint density at radius 3 is 2.24 bits per heavy atom. The van der Waals surface area contributed by atoms with Gasteiger partial charge in [0.25, 0.3) is 0 Å². The lowest BCUT2D eigenvalue weighted by Gasteiger charge is -2.25. The van der Waals surface area contributed by atoms with Crippen molar-refractivity contribution in [2.45, 2.75) is 33.2 Å². The molecule has 156 valence electrons. The van der Waals surface area contributed by atoms with E-state index in [4.69, 9.17) is 0 Å². The largest absolute Gasteiger partial charge is 0.348 e. The standard InChI is InChI=1S/C22H28N2O4S/c1-16(2)13-21(18-9-6-5-7-10-18)23-22(26)15-24(29(4,27)28)20-12-8-11-19(14-20)17(3)25/h5-12,14,16,21H,13,15H2,1-4H3,(H,23,26)/t21-/m0/s1. The van der Waals surface area contributed by atoms with Crippen molar-refractivity contribution in [2.24, 2.45) is 5.92 Å². The molecule has 0 aliphatic heterocycles. The molecule has 0 saturated carbocycles. The third-order valence-corrected chi connectivity index (χ3v) is 5.61. The van der Waals surface area contributed by atoms with E-state index in [-0.39, 0.29) is 24.1 Å². The van der Waals surface area contributed by atoms with E-state index in [9.17, 15) is 18.0 Å². The van der Waals surface area contributed by atoms with Crippen LogP contribution in [0.5, 0.6) is 0 Å². The number of benzene rings is 2. The number of anilines is 1. The Kier molecular flexibility index (Phi) is 7.56. The lowest BCUT2D eigenvalue weighted by Crippen LogP contribution is -2.41. The molecular weight excluding hydrogens is 388 g/mol. The fraction of sp³-hybridized carbons (Fsp3) is 0.364. The first-order chi connectivity index (χ1) is 13.6. The lowest BCUT2D eigenvalue weighted by atomic mass is 9.97. The van der Waals surface area contributed by atoms with E-state index in [2.05, 4.69) is 19.2 Å². The maximum Gasteiger partial charge on any atom is 0.241 e. The summed E-state index contributed by atoms with van der Waals surface area (Å²) < 4.78 is 25.7. The normalized spacial score (nSPS) is 12.4. The zero-order valence-corrected chi connectivity index (χ0v) is 18.1. The summed E-state index contributed by atoms with van der Waals surface area (Å²) in [5.41, 5.74) is 1.65. The Bertz CT molecular complexity index is 956. The van der Waals surface area contributed by atoms with Gasteiger partial charge in [0.1, 0.15) is 6.54 Å². The summed E-state index contributed by atoms with van der Waals surface area (Å²) in [5, 5.41) is 2.96. The zero-order chi connectivity index (χ0) is 21.6. The van der Waals surface area contributed by atoms with Crippen molar-refractivity contribution in [1.82, 2.24) is 5.32 Å². The Labute approximate surface area is 173 Å². The third-order valence-electron chi connectivity index (χ3n) is 4.47. The van der Waals surface area contributed by atoms with E-state index in [0.717, 1.165) is 22.5 Å². The smallest absolute Gasteiger partial charge is 0.241 e. The molecule has 0 radical (unpaired) electrons. The van der Waals surface area contributed by atoms with Gasteiger partial charge in [0.05, 0.1) is 18.0 Å². The minimum Gasteiger partial charge on any atom is -0.348 e. The van der Waals surface area contributed by atoms with Crippen LogP contribution < -0.4 is 9.62 Å². The van der Waals surface area contributed by atoms with Crippen LogP contribution in [-0.2, 0) is 14.8 Å². The maximum absolute atomic E-state index is 12.8. The summed E-state index contributed by atoms with van der Waals surface area (Å²) in [4.78, 5) is 24.4. The van der Waals surface area contributed by atoms with Crippen LogP contribution in [0.25, 0.3) is 0 Å². The molecule has 2 rings (SSSR count). The number of rotatable bonds is 9. The number of carbonyl (C=O) groups is 2. The van der Waals surface area contributed by atoms with E-state index in [1.807, 2.05) is 30.3 Å². The van der Waals surface area contributed by atoms with Crippen molar-refractivity contribution in [3.8, 4) is 0 Å². The second-order valence-electron chi connectivity index (χ2n) is 7.54. The molecule has 2 aromatic rings. The number of nitrogens with one attached hydrogen (secondary N) is 1. The molecule has 1 amide bonds. The van der Waals surface area contributed by atoms with Crippen molar-refractivity contribution in [3.05, 3.63) is 65.7 Å². The predicted molar refractivity (Wildman–Crippen MR) is 115 cm³/mol. The predicted octanol–water partition coefficient (Wildman–Crippen LogP) is 3.56. The van der Waals surface area contributed by atoms with Crippen molar-refractivity contribution >= 4 is 27.4 Å². The van der Waals surface area contributed by atoms with Crippen molar-refractivity contribution in [3.63, 3.8) is 0 Å². The van der Waals surface area contributed by atoms with Gasteiger partial charge in [-0.1, -0.05) is 56.3 Å². The highest BCUT2D eigenvalue weighted by molar-refractivity contribution is 7.92. The Balaban J connectivity index is 2.25. The van der Waals surface area contributed by atoms with Gasteiger partial charge in [-0.2, -0.15) is 0 Å². The van der Waals surface area contributed by atoms with Gasteiger partial charge < -0.3 is 5.32 Å². The van der Waals surface area contributed by atoms with Gasteiger partial charge in [0, 0.05) is 5.56 Å². The van der Waals surface area contributed by atoms with Gasteiger partial charge in [0.15, 0.2) is 5.78 Å². The van der Waals surface area contributed by atoms with Gasteiger partial charge in [-0.05, 0) is 37.0 Å². The molecule has 0 aliphatic carbocycles. The van der Waals surface area contributed by atoms with Crippen LogP contribution in [0.15, 0.2) is 54.6 Å². The van der Waals surface area contributed by atoms with Crippen molar-refractivity contribution < 1.29 is 18.0 Å². The molecule has 6 nitrogen and oxygen atoms in total. The lowest BCUT2D eigenvalue weighted by molar-refractivity contribution is -0.120. The Hall–Kier alpha value is -2.67. The number of carbonyl (C=O) groups excluding carboxylic acids is 2. The molecule has 0 aromatic heterocycles. The number of hydrogen-bond acceptors (Lipinski definition) is 4. The molecule has 0 bridgehead atoms. The topological polar surface area (TPSA) is 83.6 Å². The van der Waals surface area contributed by atoms with Crippen LogP contribution in [0.3, 0.4) is 0 Å². The fourth-order valence-corrected chi connectivity index (χ4v) is 3.93. The highest BCUT2D eigenvalue weighted by atomic mass is 32.2. The molecule has 29 heavy (non-hydrogen) atoms. The molecule has 0 unspecified atom stereocenters. The van der Waals surface area contributed by atoms with Crippen LogP contribution >= 0.6 is 0 Å². The van der Waals surface area contributed by atoms with Crippen molar-refractivity contribution in [2.75, 3.05) is 17.1 Å². The first-order valence-corrected chi connectivity index (χ1v) is 11.4. The molecule has 0 spiro atoms. The second-order valence-corrected chi connectivity index (χ2v) is 9.44. The number of nitrogens with zero attached hydrogens (tertiary/aromatic N) is 1. The molecule has 0 heterocycles. The summed E-state index contributed by atoms with van der Waals surface area (Å²) in [7, 11) is -3.72. The van der Waals surface area contributed by atoms with Crippen LogP contribution in [0.2, 0.25) is 0 Å². The zero-order valence-electron chi connectivity index (χ0n) is 17.3. The van der Waals surface area contributed by atoms with Crippen LogP contribution in [0.4, 0.5) is 5.69 Å². The first-order valence-electron chi connectivity index (χ1n) is 9.51. The number of sulfonamides is 1. The van der Waals surface area contributed by atoms with Gasteiger partial charge in [-0.25, -0.2) is 8.42 Å². The summed E-state index contributed by atoms with van der Waals surface area (Å²) in [6.45, 7) is 5.19. The number of amides is 1. The maximum atomic E-state index is 12.8. The van der Waals surface area contributed by atoms with E-state index in [1.165, 1.54) is 13.0 Å². The van der Waals surface area contributed by atoms with Crippen LogP contribution in [0.1, 0.15) is 49.2 Å². The van der Waals surface area contributed by atoms with E-state index in [0.29, 0.717) is 11.5 Å². The number of ketones is 1. The third kappa shape index (κ3) is 6.71. The fourth-order valence-electron chi connectivity index (χ4n) is 3.09. The number of hydrogen-bond donors (Lipinski definition) is 1. The number of Topliss-reactive ketones (excluding diaryl/α,β-unsaturated/α-hetero) is 1. The molecule has 1 atom stereocenters. The molecule has 0 aliphatic rings. The summed E-state index contributed by atoms with van der Waals surface area (Å²) >= 11 is 0. The van der Waals surface area contributed by atoms with Gasteiger partial charge in [-0.3, -0.25) is 13.9 Å². The highest BCUT2D eigenvalue weighted by Gasteiger charge is 2.23. The molecule has 2 aromatic carbocycles. The monoisotopic (exact) mass is 416 g/mol. The minimum atomic E-state index is -3.72. The van der Waals surface area contributed by atoms with Crippen LogP contribution in [-0.4, -0.2) is 32.9 Å². The van der Waals surface area contributed by atoms with Gasteiger partial charge in [-0.15, -0.1) is 0 Å². The van der Waals surface area contributed by atoms with Gasteiger partial charge >= 0.3 is 0 Å². The molecule has 0 saturated heterocycles. The second kappa shape index (κ2) is 9.69. The van der Waals surface area contributed by atoms with E-state index < -0.39 is 15.9 Å². The first kappa shape index (κ1) is 22.6. The minimum absolute atomic E-state index is 0.175. The summed E-state index contributed by atoms with van der Waals surface area (Å²) in [5.74, 6) is -0.234. The average Bonchev–Trinajstić information content (AvgIpc) is 2.65. The quantitative estimate of drug-likeness (QED) is 0.634. The molecular formula is C22H28N2O4S. The van der Waals surface area contributed by atoms with E-state index in [1.54, 1.807) is 18.2 Å². The highest BCUT2D eigenvalue weighted by Crippen LogP contribution is 2.22. The van der Waals surface area contributed by atoms with Crippen molar-refractivity contribution in [1.29, 1.82) is 0 Å². The van der Waals surface area contributed by atoms with Gasteiger partial charge in [0.2, 0.25) is 15.9 Å². The molecule has 7 heteroatoms.